The molecule has 0 aliphatic rings. The van der Waals surface area contributed by atoms with E-state index in [4.69, 9.17) is 0 Å². The predicted molar refractivity (Wildman–Crippen MR) is 80.2 cm³/mol. The number of hydrogen-bond acceptors (Lipinski definition) is 4. The van der Waals surface area contributed by atoms with Crippen molar-refractivity contribution in [2.75, 3.05) is 37.9 Å². The maximum absolute atomic E-state index is 11.4. The molecule has 1 aromatic heterocycles. The fourth-order valence-electron chi connectivity index (χ4n) is 1.17. The van der Waals surface area contributed by atoms with Gasteiger partial charge in [-0.3, -0.25) is 4.79 Å². The molecule has 0 spiro atoms. The van der Waals surface area contributed by atoms with Gasteiger partial charge in [-0.1, -0.05) is 0 Å². The van der Waals surface area contributed by atoms with E-state index < -0.39 is 0 Å². The van der Waals surface area contributed by atoms with Gasteiger partial charge in [-0.05, 0) is 19.2 Å². The summed E-state index contributed by atoms with van der Waals surface area (Å²) in [7, 11) is 5.71. The van der Waals surface area contributed by atoms with Crippen LogP contribution in [0.1, 0.15) is 6.42 Å². The molecule has 5 nitrogen and oxygen atoms in total. The van der Waals surface area contributed by atoms with E-state index in [0.717, 1.165) is 5.69 Å². The number of pyridine rings is 1. The van der Waals surface area contributed by atoms with Crippen LogP contribution in [-0.4, -0.2) is 38.6 Å². The number of aromatic nitrogens is 1. The number of hydrogen-bond donors (Lipinski definition) is 2. The molecule has 0 saturated heterocycles. The number of carbonyl (C=O) groups excluding carboxylic acids is 1. The van der Waals surface area contributed by atoms with Gasteiger partial charge in [0.15, 0.2) is 0 Å². The molecule has 0 bridgehead atoms. The second-order valence-corrected chi connectivity index (χ2v) is 3.70. The molecule has 7 heteroatoms. The van der Waals surface area contributed by atoms with Crippen molar-refractivity contribution in [1.29, 1.82) is 0 Å². The van der Waals surface area contributed by atoms with Gasteiger partial charge in [-0.2, -0.15) is 0 Å². The molecule has 2 N–H and O–H groups in total. The molecule has 104 valence electrons. The van der Waals surface area contributed by atoms with Crippen LogP contribution in [0.2, 0.25) is 0 Å². The second-order valence-electron chi connectivity index (χ2n) is 3.70. The minimum Gasteiger partial charge on any atom is -0.376 e. The highest BCUT2D eigenvalue weighted by atomic mass is 35.5. The highest BCUT2D eigenvalue weighted by molar-refractivity contribution is 5.89. The van der Waals surface area contributed by atoms with Crippen molar-refractivity contribution in [3.63, 3.8) is 0 Å². The van der Waals surface area contributed by atoms with Crippen molar-refractivity contribution in [3.05, 3.63) is 18.3 Å². The third-order valence-corrected chi connectivity index (χ3v) is 2.13. The first-order valence-electron chi connectivity index (χ1n) is 5.21. The first-order valence-corrected chi connectivity index (χ1v) is 5.21. The van der Waals surface area contributed by atoms with Gasteiger partial charge >= 0.3 is 0 Å². The topological polar surface area (TPSA) is 57.3 Å². The number of halogens is 2. The number of rotatable bonds is 5. The highest BCUT2D eigenvalue weighted by Gasteiger charge is 2.02. The Labute approximate surface area is 120 Å². The van der Waals surface area contributed by atoms with Crippen molar-refractivity contribution in [2.24, 2.45) is 0 Å². The van der Waals surface area contributed by atoms with Crippen molar-refractivity contribution in [3.8, 4) is 0 Å². The molecule has 0 saturated carbocycles. The summed E-state index contributed by atoms with van der Waals surface area (Å²) in [6, 6.07) is 3.72. The zero-order valence-corrected chi connectivity index (χ0v) is 12.4. The molecule has 18 heavy (non-hydrogen) atoms. The molecule has 0 fully saturated rings. The van der Waals surface area contributed by atoms with Crippen molar-refractivity contribution >= 4 is 42.2 Å². The van der Waals surface area contributed by atoms with E-state index in [1.54, 1.807) is 12.3 Å². The average Bonchev–Trinajstić information content (AvgIpc) is 2.27. The number of nitrogens with zero attached hydrogens (tertiary/aromatic N) is 2. The van der Waals surface area contributed by atoms with Gasteiger partial charge in [0.1, 0.15) is 5.82 Å². The lowest BCUT2D eigenvalue weighted by Gasteiger charge is -2.12. The van der Waals surface area contributed by atoms with E-state index >= 15 is 0 Å². The van der Waals surface area contributed by atoms with Crippen LogP contribution in [0.3, 0.4) is 0 Å². The van der Waals surface area contributed by atoms with E-state index in [1.165, 1.54) is 0 Å². The Morgan fingerprint density at radius 1 is 1.33 bits per heavy atom. The minimum atomic E-state index is -0.0283. The lowest BCUT2D eigenvalue weighted by molar-refractivity contribution is -0.116. The number of anilines is 2. The molecule has 1 rings (SSSR count). The Bertz CT molecular complexity index is 343. The normalized spacial score (nSPS) is 8.83. The molecule has 1 heterocycles. The van der Waals surface area contributed by atoms with E-state index in [0.29, 0.717) is 18.8 Å². The smallest absolute Gasteiger partial charge is 0.226 e. The van der Waals surface area contributed by atoms with E-state index in [9.17, 15) is 4.79 Å². The lowest BCUT2D eigenvalue weighted by atomic mass is 10.3. The fraction of sp³-hybridized carbons (Fsp3) is 0.455. The van der Waals surface area contributed by atoms with Gasteiger partial charge < -0.3 is 15.5 Å². The SMILES string of the molecule is CNCCC(=O)Nc1ccc(N(C)C)cn1.Cl.Cl. The molecule has 0 radical (unpaired) electrons. The quantitative estimate of drug-likeness (QED) is 0.865. The predicted octanol–water partition coefficient (Wildman–Crippen LogP) is 1.54. The molecule has 0 aliphatic heterocycles. The van der Waals surface area contributed by atoms with Gasteiger partial charge in [0.25, 0.3) is 0 Å². The second kappa shape index (κ2) is 9.94. The van der Waals surface area contributed by atoms with Gasteiger partial charge in [-0.15, -0.1) is 24.8 Å². The minimum absolute atomic E-state index is 0. The van der Waals surface area contributed by atoms with Crippen molar-refractivity contribution < 1.29 is 4.79 Å². The Morgan fingerprint density at radius 2 is 2.00 bits per heavy atom. The molecular weight excluding hydrogens is 275 g/mol. The zero-order chi connectivity index (χ0) is 12.0. The summed E-state index contributed by atoms with van der Waals surface area (Å²) < 4.78 is 0. The maximum atomic E-state index is 11.4. The van der Waals surface area contributed by atoms with Crippen LogP contribution in [-0.2, 0) is 4.79 Å². The van der Waals surface area contributed by atoms with Gasteiger partial charge in [0.2, 0.25) is 5.91 Å². The lowest BCUT2D eigenvalue weighted by Crippen LogP contribution is -2.19. The van der Waals surface area contributed by atoms with E-state index in [-0.39, 0.29) is 30.7 Å². The molecule has 0 aromatic carbocycles. The number of carbonyl (C=O) groups is 1. The summed E-state index contributed by atoms with van der Waals surface area (Å²) in [5, 5.41) is 5.65. The molecule has 1 amide bonds. The molecule has 0 atom stereocenters. The molecule has 0 aliphatic carbocycles. The monoisotopic (exact) mass is 294 g/mol. The number of amides is 1. The highest BCUT2D eigenvalue weighted by Crippen LogP contribution is 2.11. The fourth-order valence-corrected chi connectivity index (χ4v) is 1.17. The van der Waals surface area contributed by atoms with Crippen molar-refractivity contribution in [1.82, 2.24) is 10.3 Å². The van der Waals surface area contributed by atoms with Crippen molar-refractivity contribution in [2.45, 2.75) is 6.42 Å². The third kappa shape index (κ3) is 6.64. The Balaban J connectivity index is 0. The summed E-state index contributed by atoms with van der Waals surface area (Å²) in [5.74, 6) is 0.561. The van der Waals surface area contributed by atoms with Gasteiger partial charge in [0, 0.05) is 27.1 Å². The zero-order valence-electron chi connectivity index (χ0n) is 10.8. The molecular formula is C11H20Cl2N4O. The van der Waals surface area contributed by atoms with E-state index in [2.05, 4.69) is 15.6 Å². The molecule has 1 aromatic rings. The Morgan fingerprint density at radius 3 is 2.44 bits per heavy atom. The average molecular weight is 295 g/mol. The number of nitrogens with one attached hydrogen (secondary N) is 2. The van der Waals surface area contributed by atoms with Crippen LogP contribution >= 0.6 is 24.8 Å². The summed E-state index contributed by atoms with van der Waals surface area (Å²) >= 11 is 0. The van der Waals surface area contributed by atoms with E-state index in [1.807, 2.05) is 32.1 Å². The summed E-state index contributed by atoms with van der Waals surface area (Å²) in [6.45, 7) is 0.668. The summed E-state index contributed by atoms with van der Waals surface area (Å²) in [4.78, 5) is 17.5. The first kappa shape index (κ1) is 19.3. The molecule has 0 unspecified atom stereocenters. The van der Waals surface area contributed by atoms with Crippen LogP contribution in [0.15, 0.2) is 18.3 Å². The Hall–Kier alpha value is -1.04. The summed E-state index contributed by atoms with van der Waals surface area (Å²) in [6.07, 6.45) is 2.18. The van der Waals surface area contributed by atoms with Crippen LogP contribution in [0.5, 0.6) is 0 Å². The largest absolute Gasteiger partial charge is 0.376 e. The maximum Gasteiger partial charge on any atom is 0.226 e. The van der Waals surface area contributed by atoms with Crippen LogP contribution < -0.4 is 15.5 Å². The third-order valence-electron chi connectivity index (χ3n) is 2.13. The Kier molecular flexibility index (Phi) is 10.7. The first-order chi connectivity index (χ1) is 7.63. The van der Waals surface area contributed by atoms with Gasteiger partial charge in [0.05, 0.1) is 11.9 Å². The van der Waals surface area contributed by atoms with Crippen LogP contribution in [0.25, 0.3) is 0 Å². The van der Waals surface area contributed by atoms with Crippen LogP contribution in [0.4, 0.5) is 11.5 Å². The van der Waals surface area contributed by atoms with Gasteiger partial charge in [-0.25, -0.2) is 4.98 Å². The van der Waals surface area contributed by atoms with Crippen LogP contribution in [0, 0.1) is 0 Å². The summed E-state index contributed by atoms with van der Waals surface area (Å²) in [5.41, 5.74) is 1.01. The standard InChI is InChI=1S/C11H18N4O.2ClH/c1-12-7-6-11(16)14-10-5-4-9(8-13-10)15(2)3;;/h4-5,8,12H,6-7H2,1-3H3,(H,13,14,16);2*1H.